The van der Waals surface area contributed by atoms with Crippen LogP contribution in [0.25, 0.3) is 0 Å². The molecule has 8 atom stereocenters. The van der Waals surface area contributed by atoms with E-state index in [1.807, 2.05) is 7.11 Å². The van der Waals surface area contributed by atoms with E-state index in [0.29, 0.717) is 30.0 Å². The number of hydrogen-bond donors (Lipinski definition) is 2. The first-order valence-corrected chi connectivity index (χ1v) is 9.87. The predicted octanol–water partition coefficient (Wildman–Crippen LogP) is 3.38. The molecule has 0 amide bonds. The minimum absolute atomic E-state index is 0.106. The molecule has 4 fully saturated rings. The Balaban J connectivity index is 1.63. The topological polar surface area (TPSA) is 49.7 Å². The summed E-state index contributed by atoms with van der Waals surface area (Å²) in [6.07, 6.45) is 10.7. The van der Waals surface area contributed by atoms with Crippen molar-refractivity contribution in [2.24, 2.45) is 34.5 Å². The van der Waals surface area contributed by atoms with Crippen molar-refractivity contribution >= 4 is 0 Å². The van der Waals surface area contributed by atoms with E-state index in [0.717, 1.165) is 31.1 Å². The van der Waals surface area contributed by atoms with Crippen LogP contribution in [0.3, 0.4) is 0 Å². The minimum atomic E-state index is -0.130. The van der Waals surface area contributed by atoms with Crippen LogP contribution >= 0.6 is 0 Å². The molecule has 0 heterocycles. The molecule has 23 heavy (non-hydrogen) atoms. The monoisotopic (exact) mass is 322 g/mol. The van der Waals surface area contributed by atoms with Gasteiger partial charge >= 0.3 is 0 Å². The van der Waals surface area contributed by atoms with Gasteiger partial charge in [0.25, 0.3) is 0 Å². The van der Waals surface area contributed by atoms with Crippen LogP contribution in [0.2, 0.25) is 0 Å². The highest BCUT2D eigenvalue weighted by Gasteiger charge is 2.61. The lowest BCUT2D eigenvalue weighted by Gasteiger charge is -2.61. The van der Waals surface area contributed by atoms with Crippen LogP contribution in [-0.2, 0) is 4.74 Å². The van der Waals surface area contributed by atoms with Gasteiger partial charge in [0, 0.05) is 13.7 Å². The highest BCUT2D eigenvalue weighted by atomic mass is 16.5. The molecule has 0 radical (unpaired) electrons. The molecule has 2 N–H and O–H groups in total. The van der Waals surface area contributed by atoms with Crippen molar-refractivity contribution in [3.05, 3.63) is 0 Å². The number of fused-ring (bicyclic) bond motifs is 5. The van der Waals surface area contributed by atoms with Gasteiger partial charge in [-0.1, -0.05) is 6.92 Å². The number of aliphatic hydroxyl groups is 2. The molecule has 4 rings (SSSR count). The van der Waals surface area contributed by atoms with E-state index in [4.69, 9.17) is 4.74 Å². The zero-order valence-electron chi connectivity index (χ0n) is 14.8. The Morgan fingerprint density at radius 2 is 1.83 bits per heavy atom. The van der Waals surface area contributed by atoms with Gasteiger partial charge in [-0.25, -0.2) is 0 Å². The second-order valence-electron chi connectivity index (χ2n) is 9.32. The molecule has 132 valence electrons. The van der Waals surface area contributed by atoms with Crippen molar-refractivity contribution in [2.45, 2.75) is 76.9 Å². The van der Waals surface area contributed by atoms with Crippen LogP contribution in [-0.4, -0.2) is 36.1 Å². The number of aliphatic hydroxyl groups excluding tert-OH is 2. The van der Waals surface area contributed by atoms with Gasteiger partial charge in [-0.05, 0) is 92.3 Å². The highest BCUT2D eigenvalue weighted by molar-refractivity contribution is 5.10. The molecule has 3 nitrogen and oxygen atoms in total. The fraction of sp³-hybridized carbons (Fsp3) is 1.00. The van der Waals surface area contributed by atoms with E-state index in [1.165, 1.54) is 38.5 Å². The molecule has 3 heteroatoms. The summed E-state index contributed by atoms with van der Waals surface area (Å²) in [6.45, 7) is 2.81. The van der Waals surface area contributed by atoms with Crippen molar-refractivity contribution in [3.8, 4) is 0 Å². The lowest BCUT2D eigenvalue weighted by atomic mass is 9.44. The maximum Gasteiger partial charge on any atom is 0.0627 e. The van der Waals surface area contributed by atoms with Crippen molar-refractivity contribution in [1.29, 1.82) is 0 Å². The number of hydrogen-bond acceptors (Lipinski definition) is 3. The summed E-state index contributed by atoms with van der Waals surface area (Å²) < 4.78 is 5.85. The summed E-state index contributed by atoms with van der Waals surface area (Å²) in [5.74, 6) is 2.77. The van der Waals surface area contributed by atoms with E-state index in [2.05, 4.69) is 6.92 Å². The molecule has 0 aromatic rings. The Morgan fingerprint density at radius 1 is 1.00 bits per heavy atom. The van der Waals surface area contributed by atoms with Crippen LogP contribution in [0.1, 0.15) is 64.7 Å². The number of methoxy groups -OCH3 is 1. The molecular formula is C20H34O3. The van der Waals surface area contributed by atoms with Crippen molar-refractivity contribution < 1.29 is 14.9 Å². The van der Waals surface area contributed by atoms with Gasteiger partial charge in [-0.2, -0.15) is 0 Å². The molecule has 4 aliphatic carbocycles. The van der Waals surface area contributed by atoms with Gasteiger partial charge in [0.1, 0.15) is 0 Å². The van der Waals surface area contributed by atoms with Gasteiger partial charge < -0.3 is 14.9 Å². The second-order valence-corrected chi connectivity index (χ2v) is 9.32. The molecule has 0 aromatic carbocycles. The summed E-state index contributed by atoms with van der Waals surface area (Å²) in [5, 5.41) is 20.5. The van der Waals surface area contributed by atoms with E-state index in [1.54, 1.807) is 0 Å². The third-order valence-corrected chi connectivity index (χ3v) is 8.83. The maximum atomic E-state index is 10.4. The molecule has 4 aliphatic rings. The SMILES string of the molecule is COC1CC[C@H]2[C@@H]3CCC4CC(O)CC[C@]4(CO)[C@@H]3CC[C@]12C. The van der Waals surface area contributed by atoms with Crippen molar-refractivity contribution in [3.63, 3.8) is 0 Å². The average molecular weight is 322 g/mol. The van der Waals surface area contributed by atoms with E-state index < -0.39 is 0 Å². The first-order chi connectivity index (χ1) is 11.0. The number of rotatable bonds is 2. The lowest BCUT2D eigenvalue weighted by molar-refractivity contribution is -0.160. The maximum absolute atomic E-state index is 10.4. The normalized spacial score (nSPS) is 55.8. The van der Waals surface area contributed by atoms with Gasteiger partial charge in [-0.3, -0.25) is 0 Å². The van der Waals surface area contributed by atoms with Crippen LogP contribution in [0.15, 0.2) is 0 Å². The van der Waals surface area contributed by atoms with Crippen LogP contribution in [0.4, 0.5) is 0 Å². The smallest absolute Gasteiger partial charge is 0.0627 e. The molecule has 0 aliphatic heterocycles. The largest absolute Gasteiger partial charge is 0.396 e. The van der Waals surface area contributed by atoms with Gasteiger partial charge in [0.2, 0.25) is 0 Å². The quantitative estimate of drug-likeness (QED) is 0.819. The minimum Gasteiger partial charge on any atom is -0.396 e. The third kappa shape index (κ3) is 2.19. The Bertz CT molecular complexity index is 452. The average Bonchev–Trinajstić information content (AvgIpc) is 2.90. The van der Waals surface area contributed by atoms with E-state index >= 15 is 0 Å². The summed E-state index contributed by atoms with van der Waals surface area (Å²) in [4.78, 5) is 0. The molecule has 3 unspecified atom stereocenters. The summed E-state index contributed by atoms with van der Waals surface area (Å²) in [5.41, 5.74) is 0.461. The van der Waals surface area contributed by atoms with E-state index in [9.17, 15) is 10.2 Å². The Hall–Kier alpha value is -0.120. The number of ether oxygens (including phenoxy) is 1. The standard InChI is InChI=1S/C20H34O3/c1-19-9-8-17-15(16(19)5-6-18(19)23-2)4-3-13-11-14(22)7-10-20(13,17)12-21/h13-18,21-22H,3-12H2,1-2H3/t13?,14?,15-,16-,17+,18?,19-,20+/m0/s1. The Kier molecular flexibility index (Phi) is 4.06. The van der Waals surface area contributed by atoms with Crippen molar-refractivity contribution in [2.75, 3.05) is 13.7 Å². The molecule has 0 saturated heterocycles. The van der Waals surface area contributed by atoms with Gasteiger partial charge in [-0.15, -0.1) is 0 Å². The zero-order chi connectivity index (χ0) is 16.2. The van der Waals surface area contributed by atoms with E-state index in [-0.39, 0.29) is 11.5 Å². The fourth-order valence-corrected chi connectivity index (χ4v) is 7.68. The van der Waals surface area contributed by atoms with Crippen LogP contribution < -0.4 is 0 Å². The van der Waals surface area contributed by atoms with Gasteiger partial charge in [0.15, 0.2) is 0 Å². The van der Waals surface area contributed by atoms with Crippen molar-refractivity contribution in [1.82, 2.24) is 0 Å². The Labute approximate surface area is 140 Å². The fourth-order valence-electron chi connectivity index (χ4n) is 7.68. The van der Waals surface area contributed by atoms with Gasteiger partial charge in [0.05, 0.1) is 12.2 Å². The first kappa shape index (κ1) is 16.4. The summed E-state index contributed by atoms with van der Waals surface area (Å²) in [7, 11) is 1.89. The third-order valence-electron chi connectivity index (χ3n) is 8.83. The second kappa shape index (κ2) is 5.71. The summed E-state index contributed by atoms with van der Waals surface area (Å²) in [6, 6.07) is 0. The lowest BCUT2D eigenvalue weighted by Crippen LogP contribution is -2.57. The zero-order valence-corrected chi connectivity index (χ0v) is 14.8. The summed E-state index contributed by atoms with van der Waals surface area (Å²) >= 11 is 0. The van der Waals surface area contributed by atoms with Crippen LogP contribution in [0.5, 0.6) is 0 Å². The molecule has 0 spiro atoms. The molecule has 0 bridgehead atoms. The Morgan fingerprint density at radius 3 is 2.57 bits per heavy atom. The first-order valence-electron chi connectivity index (χ1n) is 9.87. The highest BCUT2D eigenvalue weighted by Crippen LogP contribution is 2.66. The molecule has 4 saturated carbocycles. The molecular weight excluding hydrogens is 288 g/mol. The predicted molar refractivity (Wildman–Crippen MR) is 89.9 cm³/mol. The van der Waals surface area contributed by atoms with Crippen LogP contribution in [0, 0.1) is 34.5 Å². The molecule has 0 aromatic heterocycles.